The minimum Gasteiger partial charge on any atom is -0.497 e. The number of carbonyl (C=O) groups excluding carboxylic acids is 2. The third-order valence-electron chi connectivity index (χ3n) is 5.81. The van der Waals surface area contributed by atoms with Crippen LogP contribution >= 0.6 is 0 Å². The number of carbonyl (C=O) groups is 2. The summed E-state index contributed by atoms with van der Waals surface area (Å²) in [6.45, 7) is 6.65. The molecule has 1 aliphatic heterocycles. The number of anilines is 1. The molecular weight excluding hydrogens is 446 g/mol. The Hall–Kier alpha value is -3.88. The maximum absolute atomic E-state index is 13.2. The summed E-state index contributed by atoms with van der Waals surface area (Å²) in [6, 6.07) is 12.9. The van der Waals surface area contributed by atoms with Crippen LogP contribution in [0.1, 0.15) is 55.6 Å². The van der Waals surface area contributed by atoms with Gasteiger partial charge in [-0.05, 0) is 70.0 Å². The van der Waals surface area contributed by atoms with Gasteiger partial charge in [-0.2, -0.15) is 5.10 Å². The van der Waals surface area contributed by atoms with Crippen LogP contribution in [0, 0.1) is 0 Å². The van der Waals surface area contributed by atoms with Gasteiger partial charge in [0.15, 0.2) is 0 Å². The van der Waals surface area contributed by atoms with Crippen LogP contribution in [0.25, 0.3) is 5.69 Å². The van der Waals surface area contributed by atoms with Gasteiger partial charge < -0.3 is 19.7 Å². The summed E-state index contributed by atoms with van der Waals surface area (Å²) in [5, 5.41) is 7.44. The molecule has 184 valence electrons. The summed E-state index contributed by atoms with van der Waals surface area (Å²) in [6.07, 6.45) is 4.28. The summed E-state index contributed by atoms with van der Waals surface area (Å²) in [5.41, 5.74) is 1.58. The first-order valence-corrected chi connectivity index (χ1v) is 11.7. The van der Waals surface area contributed by atoms with Gasteiger partial charge in [-0.15, -0.1) is 0 Å². The molecule has 35 heavy (non-hydrogen) atoms. The first-order chi connectivity index (χ1) is 16.7. The predicted molar refractivity (Wildman–Crippen MR) is 132 cm³/mol. The fourth-order valence-corrected chi connectivity index (χ4v) is 4.14. The van der Waals surface area contributed by atoms with Crippen molar-refractivity contribution in [1.82, 2.24) is 19.7 Å². The predicted octanol–water partition coefficient (Wildman–Crippen LogP) is 4.64. The average molecular weight is 478 g/mol. The summed E-state index contributed by atoms with van der Waals surface area (Å²) in [5.74, 6) is 0.970. The average Bonchev–Trinajstić information content (AvgIpc) is 3.29. The first kappa shape index (κ1) is 24.3. The summed E-state index contributed by atoms with van der Waals surface area (Å²) >= 11 is 0. The highest BCUT2D eigenvalue weighted by Crippen LogP contribution is 2.33. The highest BCUT2D eigenvalue weighted by atomic mass is 16.6. The molecule has 0 bridgehead atoms. The van der Waals surface area contributed by atoms with Gasteiger partial charge in [-0.25, -0.2) is 14.5 Å². The van der Waals surface area contributed by atoms with E-state index >= 15 is 0 Å². The number of aromatic nitrogens is 3. The minimum absolute atomic E-state index is 0.0303. The highest BCUT2D eigenvalue weighted by Gasteiger charge is 2.32. The fraction of sp³-hybridized carbons (Fsp3) is 0.385. The van der Waals surface area contributed by atoms with E-state index in [2.05, 4.69) is 15.4 Å². The highest BCUT2D eigenvalue weighted by molar-refractivity contribution is 6.04. The maximum Gasteiger partial charge on any atom is 0.410 e. The second-order valence-electron chi connectivity index (χ2n) is 9.46. The number of hydrogen-bond donors (Lipinski definition) is 1. The van der Waals surface area contributed by atoms with E-state index < -0.39 is 5.60 Å². The lowest BCUT2D eigenvalue weighted by molar-refractivity contribution is 0.0203. The SMILES string of the molecule is COc1ccc(-n2ncc(C(=O)Nc3ccccn3)c2C2CCN(C(=O)OC(C)(C)C)CC2)cc1. The van der Waals surface area contributed by atoms with E-state index in [-0.39, 0.29) is 17.9 Å². The second kappa shape index (κ2) is 10.2. The lowest BCUT2D eigenvalue weighted by Gasteiger charge is -2.34. The molecule has 0 spiro atoms. The van der Waals surface area contributed by atoms with Gasteiger partial charge >= 0.3 is 6.09 Å². The van der Waals surface area contributed by atoms with Crippen molar-refractivity contribution in [2.75, 3.05) is 25.5 Å². The number of nitrogens with one attached hydrogen (secondary N) is 1. The van der Waals surface area contributed by atoms with Crippen LogP contribution in [0.3, 0.4) is 0 Å². The Balaban J connectivity index is 1.61. The molecule has 2 amide bonds. The van der Waals surface area contributed by atoms with Crippen LogP contribution in [-0.4, -0.2) is 57.5 Å². The summed E-state index contributed by atoms with van der Waals surface area (Å²) in [7, 11) is 1.62. The number of ether oxygens (including phenoxy) is 2. The van der Waals surface area contributed by atoms with Crippen molar-refractivity contribution in [3.05, 3.63) is 66.1 Å². The standard InChI is InChI=1S/C26H31N5O4/c1-26(2,3)35-25(33)30-15-12-18(13-16-30)23-21(24(32)29-22-7-5-6-14-27-22)17-28-31(23)19-8-10-20(34-4)11-9-19/h5-11,14,17-18H,12-13,15-16H2,1-4H3,(H,27,29,32). The molecule has 1 fully saturated rings. The number of methoxy groups -OCH3 is 1. The van der Waals surface area contributed by atoms with Crippen LogP contribution in [0.2, 0.25) is 0 Å². The Morgan fingerprint density at radius 1 is 1.06 bits per heavy atom. The number of hydrogen-bond acceptors (Lipinski definition) is 6. The number of benzene rings is 1. The van der Waals surface area contributed by atoms with Crippen molar-refractivity contribution < 1.29 is 19.1 Å². The largest absolute Gasteiger partial charge is 0.497 e. The van der Waals surface area contributed by atoms with Crippen molar-refractivity contribution in [2.24, 2.45) is 0 Å². The third-order valence-corrected chi connectivity index (χ3v) is 5.81. The van der Waals surface area contributed by atoms with Gasteiger partial charge in [0.1, 0.15) is 17.2 Å². The van der Waals surface area contributed by atoms with Gasteiger partial charge in [-0.3, -0.25) is 4.79 Å². The first-order valence-electron chi connectivity index (χ1n) is 11.7. The normalized spacial score (nSPS) is 14.5. The molecule has 1 aliphatic rings. The lowest BCUT2D eigenvalue weighted by Crippen LogP contribution is -2.41. The Labute approximate surface area is 205 Å². The monoisotopic (exact) mass is 477 g/mol. The Bertz CT molecular complexity index is 1160. The molecular formula is C26H31N5O4. The lowest BCUT2D eigenvalue weighted by atomic mass is 9.91. The van der Waals surface area contributed by atoms with E-state index in [0.29, 0.717) is 37.3 Å². The van der Waals surface area contributed by atoms with E-state index in [1.54, 1.807) is 41.2 Å². The molecule has 1 saturated heterocycles. The van der Waals surface area contributed by atoms with Crippen molar-refractivity contribution in [1.29, 1.82) is 0 Å². The third kappa shape index (κ3) is 5.79. The van der Waals surface area contributed by atoms with Crippen LogP contribution in [-0.2, 0) is 4.74 Å². The van der Waals surface area contributed by atoms with Gasteiger partial charge in [0, 0.05) is 25.2 Å². The van der Waals surface area contributed by atoms with Gasteiger partial charge in [-0.1, -0.05) is 6.07 Å². The Morgan fingerprint density at radius 3 is 2.37 bits per heavy atom. The van der Waals surface area contributed by atoms with E-state index in [1.807, 2.05) is 51.1 Å². The van der Waals surface area contributed by atoms with E-state index in [4.69, 9.17) is 9.47 Å². The van der Waals surface area contributed by atoms with Crippen LogP contribution < -0.4 is 10.1 Å². The fourth-order valence-electron chi connectivity index (χ4n) is 4.14. The number of rotatable bonds is 5. The molecule has 0 saturated carbocycles. The van der Waals surface area contributed by atoms with Crippen molar-refractivity contribution in [3.8, 4) is 11.4 Å². The maximum atomic E-state index is 13.2. The molecule has 0 unspecified atom stereocenters. The van der Waals surface area contributed by atoms with Gasteiger partial charge in [0.25, 0.3) is 5.91 Å². The molecule has 0 atom stereocenters. The molecule has 0 aliphatic carbocycles. The van der Waals surface area contributed by atoms with Crippen LogP contribution in [0.15, 0.2) is 54.9 Å². The molecule has 3 aromatic rings. The molecule has 9 nitrogen and oxygen atoms in total. The molecule has 1 aromatic carbocycles. The molecule has 2 aromatic heterocycles. The van der Waals surface area contributed by atoms with Gasteiger partial charge in [0.2, 0.25) is 0 Å². The van der Waals surface area contributed by atoms with E-state index in [0.717, 1.165) is 17.1 Å². The molecule has 4 rings (SSSR count). The number of amides is 2. The zero-order valence-electron chi connectivity index (χ0n) is 20.5. The number of nitrogens with zero attached hydrogens (tertiary/aromatic N) is 4. The zero-order chi connectivity index (χ0) is 25.0. The Morgan fingerprint density at radius 2 is 1.77 bits per heavy atom. The topological polar surface area (TPSA) is 98.6 Å². The zero-order valence-corrected chi connectivity index (χ0v) is 20.5. The van der Waals surface area contributed by atoms with Crippen LogP contribution in [0.5, 0.6) is 5.75 Å². The van der Waals surface area contributed by atoms with Gasteiger partial charge in [0.05, 0.1) is 30.3 Å². The number of likely N-dealkylation sites (tertiary alicyclic amines) is 1. The van der Waals surface area contributed by atoms with Crippen molar-refractivity contribution in [3.63, 3.8) is 0 Å². The summed E-state index contributed by atoms with van der Waals surface area (Å²) in [4.78, 5) is 31.7. The number of piperidine rings is 1. The van der Waals surface area contributed by atoms with Crippen molar-refractivity contribution in [2.45, 2.75) is 45.1 Å². The quantitative estimate of drug-likeness (QED) is 0.575. The minimum atomic E-state index is -0.544. The van der Waals surface area contributed by atoms with E-state index in [9.17, 15) is 9.59 Å². The smallest absolute Gasteiger partial charge is 0.410 e. The molecule has 1 N–H and O–H groups in total. The summed E-state index contributed by atoms with van der Waals surface area (Å²) < 4.78 is 12.6. The van der Waals surface area contributed by atoms with Crippen LogP contribution in [0.4, 0.5) is 10.6 Å². The Kier molecular flexibility index (Phi) is 7.04. The molecule has 3 heterocycles. The molecule has 0 radical (unpaired) electrons. The van der Waals surface area contributed by atoms with E-state index in [1.165, 1.54) is 0 Å². The second-order valence-corrected chi connectivity index (χ2v) is 9.46. The molecule has 9 heteroatoms. The van der Waals surface area contributed by atoms with Crippen molar-refractivity contribution >= 4 is 17.8 Å². The number of pyridine rings is 1.